The van der Waals surface area contributed by atoms with E-state index in [1.54, 1.807) is 0 Å². The first-order valence-corrected chi connectivity index (χ1v) is 8.92. The molecule has 0 aromatic heterocycles. The van der Waals surface area contributed by atoms with Crippen LogP contribution in [0.5, 0.6) is 0 Å². The van der Waals surface area contributed by atoms with Crippen molar-refractivity contribution in [2.24, 2.45) is 5.41 Å². The highest BCUT2D eigenvalue weighted by Gasteiger charge is 2.37. The summed E-state index contributed by atoms with van der Waals surface area (Å²) in [4.78, 5) is 2.46. The second-order valence-corrected chi connectivity index (χ2v) is 8.13. The van der Waals surface area contributed by atoms with Gasteiger partial charge in [0.1, 0.15) is 0 Å². The van der Waals surface area contributed by atoms with Gasteiger partial charge in [0, 0.05) is 23.5 Å². The Labute approximate surface area is 147 Å². The molecule has 1 nitrogen and oxygen atoms in total. The van der Waals surface area contributed by atoms with Gasteiger partial charge in [0.2, 0.25) is 0 Å². The van der Waals surface area contributed by atoms with Crippen LogP contribution in [-0.4, -0.2) is 10.9 Å². The van der Waals surface area contributed by atoms with Crippen LogP contribution in [0, 0.1) is 12.3 Å². The number of hydrogen-bond acceptors (Lipinski definition) is 1. The number of benzene rings is 1. The second-order valence-electron chi connectivity index (χ2n) is 8.13. The van der Waals surface area contributed by atoms with Gasteiger partial charge < -0.3 is 4.90 Å². The summed E-state index contributed by atoms with van der Waals surface area (Å²) >= 11 is 0. The molecule has 0 amide bonds. The maximum Gasteiger partial charge on any atom is 0.0491 e. The summed E-state index contributed by atoms with van der Waals surface area (Å²) in [6.45, 7) is 19.7. The van der Waals surface area contributed by atoms with Gasteiger partial charge in [0.25, 0.3) is 0 Å². The van der Waals surface area contributed by atoms with E-state index >= 15 is 0 Å². The Morgan fingerprint density at radius 1 is 1.29 bits per heavy atom. The van der Waals surface area contributed by atoms with Gasteiger partial charge in [-0.1, -0.05) is 53.0 Å². The Bertz CT molecular complexity index is 768. The first-order valence-electron chi connectivity index (χ1n) is 8.92. The largest absolute Gasteiger partial charge is 0.343 e. The molecule has 1 aromatic rings. The van der Waals surface area contributed by atoms with Crippen molar-refractivity contribution in [3.05, 3.63) is 77.0 Å². The third-order valence-corrected chi connectivity index (χ3v) is 5.43. The summed E-state index contributed by atoms with van der Waals surface area (Å²) in [6.07, 6.45) is 8.55. The van der Waals surface area contributed by atoms with Crippen LogP contribution in [0.4, 0.5) is 0 Å². The molecule has 0 radical (unpaired) electrons. The molecule has 2 aliphatic rings. The van der Waals surface area contributed by atoms with E-state index in [0.717, 1.165) is 24.0 Å². The summed E-state index contributed by atoms with van der Waals surface area (Å²) < 4.78 is 0. The van der Waals surface area contributed by atoms with Gasteiger partial charge >= 0.3 is 0 Å². The Balaban J connectivity index is 2.22. The number of allylic oxidation sites excluding steroid dienone is 4. The molecule has 0 N–H and O–H groups in total. The first-order chi connectivity index (χ1) is 11.3. The quantitative estimate of drug-likeness (QED) is 0.665. The molecule has 126 valence electrons. The minimum Gasteiger partial charge on any atom is -0.343 e. The van der Waals surface area contributed by atoms with Crippen molar-refractivity contribution in [3.63, 3.8) is 0 Å². The minimum absolute atomic E-state index is 0.190. The highest BCUT2D eigenvalue weighted by molar-refractivity contribution is 5.77. The summed E-state index contributed by atoms with van der Waals surface area (Å²) in [5, 5.41) is 0. The van der Waals surface area contributed by atoms with Crippen LogP contribution in [0.1, 0.15) is 49.9 Å². The van der Waals surface area contributed by atoms with E-state index in [4.69, 9.17) is 0 Å². The zero-order valence-corrected chi connectivity index (χ0v) is 15.7. The molecule has 1 atom stereocenters. The van der Waals surface area contributed by atoms with Gasteiger partial charge in [-0.05, 0) is 65.2 Å². The van der Waals surface area contributed by atoms with Crippen LogP contribution in [0.3, 0.4) is 0 Å². The fraction of sp³-hybridized carbons (Fsp3) is 0.391. The van der Waals surface area contributed by atoms with Crippen molar-refractivity contribution in [1.29, 1.82) is 0 Å². The Kier molecular flexibility index (Phi) is 4.07. The maximum absolute atomic E-state index is 4.24. The van der Waals surface area contributed by atoms with Crippen LogP contribution in [0.2, 0.25) is 0 Å². The van der Waals surface area contributed by atoms with Gasteiger partial charge in [-0.25, -0.2) is 0 Å². The van der Waals surface area contributed by atoms with Crippen molar-refractivity contribution in [1.82, 2.24) is 4.90 Å². The van der Waals surface area contributed by atoms with Gasteiger partial charge in [-0.3, -0.25) is 0 Å². The Hall–Kier alpha value is -2.02. The summed E-state index contributed by atoms with van der Waals surface area (Å²) in [5.41, 5.74) is 9.35. The lowest BCUT2D eigenvalue weighted by molar-refractivity contribution is 0.189. The topological polar surface area (TPSA) is 3.24 Å². The smallest absolute Gasteiger partial charge is 0.0491 e. The highest BCUT2D eigenvalue weighted by Crippen LogP contribution is 2.43. The predicted octanol–water partition coefficient (Wildman–Crippen LogP) is 5.81. The SMILES string of the molecule is C=CC1=CN2C(=CC1=C)c1cc(CC)c(C)cc1CC2C(C)(C)C. The van der Waals surface area contributed by atoms with Crippen LogP contribution in [-0.2, 0) is 12.8 Å². The van der Waals surface area contributed by atoms with Crippen molar-refractivity contribution in [3.8, 4) is 0 Å². The second kappa shape index (κ2) is 5.81. The molecule has 0 fully saturated rings. The highest BCUT2D eigenvalue weighted by atomic mass is 15.2. The average Bonchev–Trinajstić information content (AvgIpc) is 2.52. The molecule has 0 bridgehead atoms. The Morgan fingerprint density at radius 3 is 2.58 bits per heavy atom. The zero-order valence-electron chi connectivity index (χ0n) is 15.7. The van der Waals surface area contributed by atoms with E-state index in [-0.39, 0.29) is 5.41 Å². The summed E-state index contributed by atoms with van der Waals surface area (Å²) in [5.74, 6) is 0. The van der Waals surface area contributed by atoms with Crippen LogP contribution >= 0.6 is 0 Å². The average molecular weight is 319 g/mol. The molecule has 3 rings (SSSR count). The van der Waals surface area contributed by atoms with Crippen molar-refractivity contribution < 1.29 is 0 Å². The predicted molar refractivity (Wildman–Crippen MR) is 105 cm³/mol. The molecule has 2 heterocycles. The van der Waals surface area contributed by atoms with E-state index < -0.39 is 0 Å². The first kappa shape index (κ1) is 16.8. The molecule has 0 spiro atoms. The number of nitrogens with zero attached hydrogens (tertiary/aromatic N) is 1. The third-order valence-electron chi connectivity index (χ3n) is 5.43. The van der Waals surface area contributed by atoms with E-state index in [1.165, 1.54) is 28.0 Å². The van der Waals surface area contributed by atoms with Gasteiger partial charge in [0.05, 0.1) is 0 Å². The lowest BCUT2D eigenvalue weighted by atomic mass is 9.76. The van der Waals surface area contributed by atoms with Crippen molar-refractivity contribution >= 4 is 5.70 Å². The van der Waals surface area contributed by atoms with Crippen molar-refractivity contribution in [2.75, 3.05) is 0 Å². The molecule has 0 saturated carbocycles. The molecule has 24 heavy (non-hydrogen) atoms. The maximum atomic E-state index is 4.24. The fourth-order valence-electron chi connectivity index (χ4n) is 3.91. The van der Waals surface area contributed by atoms with Gasteiger partial charge in [0.15, 0.2) is 0 Å². The van der Waals surface area contributed by atoms with Gasteiger partial charge in [-0.2, -0.15) is 0 Å². The van der Waals surface area contributed by atoms with Crippen molar-refractivity contribution in [2.45, 2.75) is 53.5 Å². The number of hydrogen-bond donors (Lipinski definition) is 0. The molecular formula is C23H29N. The van der Waals surface area contributed by atoms with Gasteiger partial charge in [-0.15, -0.1) is 0 Å². The summed E-state index contributed by atoms with van der Waals surface area (Å²) in [7, 11) is 0. The number of fused-ring (bicyclic) bond motifs is 3. The molecule has 1 heteroatoms. The molecular weight excluding hydrogens is 290 g/mol. The van der Waals surface area contributed by atoms with E-state index in [9.17, 15) is 0 Å². The van der Waals surface area contributed by atoms with Crippen LogP contribution in [0.25, 0.3) is 5.70 Å². The Morgan fingerprint density at radius 2 is 2.00 bits per heavy atom. The summed E-state index contributed by atoms with van der Waals surface area (Å²) in [6, 6.07) is 5.23. The lowest BCUT2D eigenvalue weighted by Crippen LogP contribution is -2.45. The molecule has 2 aliphatic heterocycles. The lowest BCUT2D eigenvalue weighted by Gasteiger charge is -2.47. The van der Waals surface area contributed by atoms with Crippen LogP contribution in [0.15, 0.2) is 54.8 Å². The number of rotatable bonds is 2. The standard InChI is InChI=1S/C23H29N/c1-8-17-12-20-19(10-15(17)3)13-22(23(5,6)7)24-14-18(9-2)16(4)11-21(20)24/h9-12,14,22H,2,4,8,13H2,1,3,5-7H3. The molecule has 1 aromatic carbocycles. The number of aryl methyl sites for hydroxylation is 2. The molecule has 0 saturated heterocycles. The van der Waals surface area contributed by atoms with Crippen LogP contribution < -0.4 is 0 Å². The van der Waals surface area contributed by atoms with E-state index in [0.29, 0.717) is 6.04 Å². The molecule has 0 aliphatic carbocycles. The fourth-order valence-corrected chi connectivity index (χ4v) is 3.91. The monoisotopic (exact) mass is 319 g/mol. The normalized spacial score (nSPS) is 20.1. The van der Waals surface area contributed by atoms with E-state index in [2.05, 4.69) is 77.1 Å². The minimum atomic E-state index is 0.190. The zero-order chi connectivity index (χ0) is 17.6. The molecule has 1 unspecified atom stereocenters. The third kappa shape index (κ3) is 2.66. The van der Waals surface area contributed by atoms with E-state index in [1.807, 2.05) is 6.08 Å².